The second-order valence-electron chi connectivity index (χ2n) is 8.29. The van der Waals surface area contributed by atoms with Crippen molar-refractivity contribution >= 4 is 12.0 Å². The van der Waals surface area contributed by atoms with Crippen LogP contribution in [0.15, 0.2) is 60.2 Å². The van der Waals surface area contributed by atoms with E-state index in [1.807, 2.05) is 63.2 Å². The van der Waals surface area contributed by atoms with Gasteiger partial charge in [-0.25, -0.2) is 4.79 Å². The number of carbonyl (C=O) groups is 1. The largest absolute Gasteiger partial charge is 0.496 e. The van der Waals surface area contributed by atoms with Gasteiger partial charge in [-0.2, -0.15) is 0 Å². The summed E-state index contributed by atoms with van der Waals surface area (Å²) in [7, 11) is 1.65. The van der Waals surface area contributed by atoms with E-state index in [0.29, 0.717) is 18.8 Å². The standard InChI is InChI=1S/C26H32O4/c1-19(2)12-15-22-23(28-6)16-13-21(14-17-24(27)30-26(3,4)5)25(22)29-18-20-10-8-7-9-11-20/h7-14,16-17H,15,18H2,1-6H3. The summed E-state index contributed by atoms with van der Waals surface area (Å²) >= 11 is 0. The normalized spacial score (nSPS) is 11.3. The highest BCUT2D eigenvalue weighted by Gasteiger charge is 2.16. The summed E-state index contributed by atoms with van der Waals surface area (Å²) in [5, 5.41) is 0. The van der Waals surface area contributed by atoms with Crippen molar-refractivity contribution in [2.45, 2.75) is 53.2 Å². The number of carbonyl (C=O) groups excluding carboxylic acids is 1. The fourth-order valence-corrected chi connectivity index (χ4v) is 2.84. The van der Waals surface area contributed by atoms with Gasteiger partial charge in [-0.3, -0.25) is 0 Å². The van der Waals surface area contributed by atoms with Crippen LogP contribution in [0.5, 0.6) is 11.5 Å². The van der Waals surface area contributed by atoms with E-state index in [0.717, 1.165) is 22.4 Å². The molecule has 2 aromatic rings. The van der Waals surface area contributed by atoms with Gasteiger partial charge >= 0.3 is 5.97 Å². The molecule has 0 amide bonds. The molecule has 0 fully saturated rings. The lowest BCUT2D eigenvalue weighted by Crippen LogP contribution is -2.22. The Hall–Kier alpha value is -3.01. The van der Waals surface area contributed by atoms with Crippen LogP contribution in [0.4, 0.5) is 0 Å². The van der Waals surface area contributed by atoms with Crippen LogP contribution in [0.25, 0.3) is 6.08 Å². The molecule has 0 N–H and O–H groups in total. The van der Waals surface area contributed by atoms with Gasteiger partial charge in [0, 0.05) is 17.2 Å². The zero-order valence-corrected chi connectivity index (χ0v) is 18.8. The van der Waals surface area contributed by atoms with Crippen LogP contribution >= 0.6 is 0 Å². The van der Waals surface area contributed by atoms with Crippen molar-refractivity contribution in [2.75, 3.05) is 7.11 Å². The third-order valence-corrected chi connectivity index (χ3v) is 4.21. The fourth-order valence-electron chi connectivity index (χ4n) is 2.84. The number of allylic oxidation sites excluding steroid dienone is 2. The van der Waals surface area contributed by atoms with E-state index in [4.69, 9.17) is 14.2 Å². The van der Waals surface area contributed by atoms with Gasteiger partial charge in [0.25, 0.3) is 0 Å². The second kappa shape index (κ2) is 10.7. The van der Waals surface area contributed by atoms with Crippen molar-refractivity contribution in [3.8, 4) is 11.5 Å². The summed E-state index contributed by atoms with van der Waals surface area (Å²) < 4.78 is 17.2. The van der Waals surface area contributed by atoms with Crippen molar-refractivity contribution in [1.82, 2.24) is 0 Å². The van der Waals surface area contributed by atoms with Crippen LogP contribution in [0.1, 0.15) is 51.3 Å². The number of ether oxygens (including phenoxy) is 3. The molecule has 0 aliphatic carbocycles. The van der Waals surface area contributed by atoms with E-state index in [1.165, 1.54) is 11.6 Å². The highest BCUT2D eigenvalue weighted by atomic mass is 16.6. The molecule has 30 heavy (non-hydrogen) atoms. The minimum absolute atomic E-state index is 0.391. The number of hydrogen-bond donors (Lipinski definition) is 0. The first-order chi connectivity index (χ1) is 14.2. The summed E-state index contributed by atoms with van der Waals surface area (Å²) in [6, 6.07) is 13.8. The van der Waals surface area contributed by atoms with Crippen LogP contribution in [0.3, 0.4) is 0 Å². The van der Waals surface area contributed by atoms with Crippen molar-refractivity contribution in [3.05, 3.63) is 76.9 Å². The highest BCUT2D eigenvalue weighted by Crippen LogP contribution is 2.35. The van der Waals surface area contributed by atoms with Gasteiger partial charge in [-0.1, -0.05) is 42.0 Å². The molecule has 2 rings (SSSR count). The molecule has 0 radical (unpaired) electrons. The van der Waals surface area contributed by atoms with E-state index in [1.54, 1.807) is 13.2 Å². The number of esters is 1. The Morgan fingerprint density at radius 2 is 1.73 bits per heavy atom. The van der Waals surface area contributed by atoms with Gasteiger partial charge in [0.1, 0.15) is 23.7 Å². The van der Waals surface area contributed by atoms with Crippen molar-refractivity contribution in [1.29, 1.82) is 0 Å². The molecule has 0 aromatic heterocycles. The number of rotatable bonds is 8. The number of methoxy groups -OCH3 is 1. The van der Waals surface area contributed by atoms with Crippen molar-refractivity contribution in [3.63, 3.8) is 0 Å². The minimum Gasteiger partial charge on any atom is -0.496 e. The topological polar surface area (TPSA) is 44.8 Å². The summed E-state index contributed by atoms with van der Waals surface area (Å²) in [6.45, 7) is 10.1. The number of benzene rings is 2. The molecular formula is C26H32O4. The summed E-state index contributed by atoms with van der Waals surface area (Å²) in [4.78, 5) is 12.2. The van der Waals surface area contributed by atoms with E-state index in [-0.39, 0.29) is 0 Å². The molecule has 0 atom stereocenters. The maximum absolute atomic E-state index is 12.2. The molecule has 0 bridgehead atoms. The molecule has 4 heteroatoms. The Bertz CT molecular complexity index is 899. The van der Waals surface area contributed by atoms with Gasteiger partial charge in [0.15, 0.2) is 0 Å². The molecule has 0 saturated heterocycles. The molecule has 160 valence electrons. The van der Waals surface area contributed by atoms with Crippen LogP contribution in [-0.2, 0) is 22.6 Å². The Morgan fingerprint density at radius 1 is 1.03 bits per heavy atom. The van der Waals surface area contributed by atoms with Crippen LogP contribution in [0.2, 0.25) is 0 Å². The lowest BCUT2D eigenvalue weighted by Gasteiger charge is -2.18. The molecule has 0 unspecified atom stereocenters. The Balaban J connectivity index is 2.42. The Labute approximate surface area is 180 Å². The zero-order valence-electron chi connectivity index (χ0n) is 18.8. The average Bonchev–Trinajstić information content (AvgIpc) is 2.68. The van der Waals surface area contributed by atoms with Gasteiger partial charge in [0.05, 0.1) is 7.11 Å². The summed E-state index contributed by atoms with van der Waals surface area (Å²) in [5.74, 6) is 1.07. The molecule has 0 spiro atoms. The summed E-state index contributed by atoms with van der Waals surface area (Å²) in [5.41, 5.74) is 3.48. The maximum atomic E-state index is 12.2. The molecule has 0 saturated carbocycles. The third-order valence-electron chi connectivity index (χ3n) is 4.21. The molecule has 2 aromatic carbocycles. The monoisotopic (exact) mass is 408 g/mol. The van der Waals surface area contributed by atoms with Gasteiger partial charge < -0.3 is 14.2 Å². The highest BCUT2D eigenvalue weighted by molar-refractivity contribution is 5.88. The van der Waals surface area contributed by atoms with Crippen LogP contribution in [-0.4, -0.2) is 18.7 Å². The van der Waals surface area contributed by atoms with Gasteiger partial charge in [-0.05, 0) is 64.8 Å². The van der Waals surface area contributed by atoms with Crippen LogP contribution < -0.4 is 9.47 Å². The predicted molar refractivity (Wildman–Crippen MR) is 122 cm³/mol. The molecule has 0 aliphatic heterocycles. The number of hydrogen-bond acceptors (Lipinski definition) is 4. The van der Waals surface area contributed by atoms with Gasteiger partial charge in [0.2, 0.25) is 0 Å². The Kier molecular flexibility index (Phi) is 8.28. The van der Waals surface area contributed by atoms with Crippen molar-refractivity contribution in [2.24, 2.45) is 0 Å². The van der Waals surface area contributed by atoms with Crippen molar-refractivity contribution < 1.29 is 19.0 Å². The van der Waals surface area contributed by atoms with E-state index >= 15 is 0 Å². The first-order valence-electron chi connectivity index (χ1n) is 10.1. The Morgan fingerprint density at radius 3 is 2.33 bits per heavy atom. The van der Waals surface area contributed by atoms with Gasteiger partial charge in [-0.15, -0.1) is 0 Å². The van der Waals surface area contributed by atoms with Crippen LogP contribution in [0, 0.1) is 0 Å². The minimum atomic E-state index is -0.539. The maximum Gasteiger partial charge on any atom is 0.331 e. The molecular weight excluding hydrogens is 376 g/mol. The summed E-state index contributed by atoms with van der Waals surface area (Å²) in [6.07, 6.45) is 5.98. The predicted octanol–water partition coefficient (Wildman–Crippen LogP) is 6.14. The first-order valence-corrected chi connectivity index (χ1v) is 10.1. The molecule has 4 nitrogen and oxygen atoms in total. The smallest absolute Gasteiger partial charge is 0.331 e. The lowest BCUT2D eigenvalue weighted by molar-refractivity contribution is -0.148. The second-order valence-corrected chi connectivity index (χ2v) is 8.29. The third kappa shape index (κ3) is 7.43. The quantitative estimate of drug-likeness (QED) is 0.299. The SMILES string of the molecule is COc1ccc(C=CC(=O)OC(C)(C)C)c(OCc2ccccc2)c1CC=C(C)C. The van der Waals surface area contributed by atoms with E-state index < -0.39 is 11.6 Å². The average molecular weight is 409 g/mol. The van der Waals surface area contributed by atoms with E-state index in [2.05, 4.69) is 19.9 Å². The zero-order chi connectivity index (χ0) is 22.1. The lowest BCUT2D eigenvalue weighted by atomic mass is 10.0. The first kappa shape index (κ1) is 23.3. The van der Waals surface area contributed by atoms with E-state index in [9.17, 15) is 4.79 Å². The molecule has 0 aliphatic rings. The fraction of sp³-hybridized carbons (Fsp3) is 0.346. The molecule has 0 heterocycles.